The van der Waals surface area contributed by atoms with Crippen molar-refractivity contribution in [3.8, 4) is 0 Å². The first-order chi connectivity index (χ1) is 7.67. The minimum atomic E-state index is -0.289. The van der Waals surface area contributed by atoms with E-state index in [4.69, 9.17) is 0 Å². The molecular weight excluding hydrogens is 264 g/mol. The molecule has 7 heteroatoms. The molecule has 88 valence electrons. The summed E-state index contributed by atoms with van der Waals surface area (Å²) >= 11 is 4.70. The van der Waals surface area contributed by atoms with E-state index in [0.717, 1.165) is 8.68 Å². The number of carbonyl (C=O) groups is 1. The highest BCUT2D eigenvalue weighted by Gasteiger charge is 2.04. The zero-order valence-electron chi connectivity index (χ0n) is 9.22. The van der Waals surface area contributed by atoms with Crippen molar-refractivity contribution in [3.05, 3.63) is 11.6 Å². The Balaban J connectivity index is 2.43. The number of aromatic nitrogens is 2. The quantitative estimate of drug-likeness (QED) is 0.468. The fraction of sp³-hybridized carbons (Fsp3) is 0.444. The highest BCUT2D eigenvalue weighted by molar-refractivity contribution is 8.03. The molecule has 0 aromatic carbocycles. The van der Waals surface area contributed by atoms with Crippen LogP contribution in [0.2, 0.25) is 0 Å². The molecule has 0 aliphatic rings. The van der Waals surface area contributed by atoms with Gasteiger partial charge in [-0.2, -0.15) is 0 Å². The first-order valence-corrected chi connectivity index (χ1v) is 7.45. The third-order valence-electron chi connectivity index (χ3n) is 1.67. The summed E-state index contributed by atoms with van der Waals surface area (Å²) in [6.45, 7) is 1.74. The molecule has 16 heavy (non-hydrogen) atoms. The van der Waals surface area contributed by atoms with Crippen LogP contribution in [0, 0.1) is 0 Å². The molecule has 0 saturated heterocycles. The molecule has 0 bridgehead atoms. The Hall–Kier alpha value is -0.530. The largest absolute Gasteiger partial charge is 0.466 e. The van der Waals surface area contributed by atoms with Crippen LogP contribution < -0.4 is 0 Å². The van der Waals surface area contributed by atoms with Crippen LogP contribution in [0.3, 0.4) is 0 Å². The Morgan fingerprint density at radius 2 is 2.19 bits per heavy atom. The number of esters is 1. The van der Waals surface area contributed by atoms with Crippen molar-refractivity contribution in [1.82, 2.24) is 10.2 Å². The number of rotatable bonds is 5. The van der Waals surface area contributed by atoms with Crippen LogP contribution in [0.1, 0.15) is 6.92 Å². The predicted molar refractivity (Wildman–Crippen MR) is 68.2 cm³/mol. The molecule has 1 aromatic rings. The zero-order valence-corrected chi connectivity index (χ0v) is 11.7. The maximum Gasteiger partial charge on any atom is 0.333 e. The third-order valence-corrected chi connectivity index (χ3v) is 4.63. The molecule has 0 unspecified atom stereocenters. The van der Waals surface area contributed by atoms with E-state index in [1.807, 2.05) is 12.3 Å². The Morgan fingerprint density at radius 3 is 2.75 bits per heavy atom. The molecule has 0 N–H and O–H groups in total. The predicted octanol–water partition coefficient (Wildman–Crippen LogP) is 2.47. The standard InChI is InChI=1S/C9H12N2O2S3/c1-6(7(12)13-2)4-5-15-9-11-10-8(14-3)16-9/h4H,5H2,1-3H3. The molecule has 0 spiro atoms. The average Bonchev–Trinajstić information content (AvgIpc) is 2.75. The Bertz CT molecular complexity index is 390. The van der Waals surface area contributed by atoms with E-state index in [2.05, 4.69) is 14.9 Å². The smallest absolute Gasteiger partial charge is 0.333 e. The second-order valence-electron chi connectivity index (χ2n) is 2.73. The fourth-order valence-electron chi connectivity index (χ4n) is 0.820. The maximum absolute atomic E-state index is 11.1. The molecule has 1 heterocycles. The van der Waals surface area contributed by atoms with Gasteiger partial charge in [-0.05, 0) is 13.2 Å². The topological polar surface area (TPSA) is 52.1 Å². The van der Waals surface area contributed by atoms with Crippen molar-refractivity contribution < 1.29 is 9.53 Å². The first kappa shape index (κ1) is 13.5. The van der Waals surface area contributed by atoms with Gasteiger partial charge in [-0.3, -0.25) is 0 Å². The summed E-state index contributed by atoms with van der Waals surface area (Å²) in [6, 6.07) is 0. The van der Waals surface area contributed by atoms with E-state index in [0.29, 0.717) is 11.3 Å². The highest BCUT2D eigenvalue weighted by Crippen LogP contribution is 2.27. The van der Waals surface area contributed by atoms with E-state index in [1.54, 1.807) is 41.8 Å². The molecule has 0 fully saturated rings. The molecule has 0 aliphatic heterocycles. The van der Waals surface area contributed by atoms with Crippen LogP contribution in [0.5, 0.6) is 0 Å². The lowest BCUT2D eigenvalue weighted by atomic mass is 10.3. The van der Waals surface area contributed by atoms with Crippen molar-refractivity contribution in [2.24, 2.45) is 0 Å². The SMILES string of the molecule is COC(=O)C(C)=CCSc1nnc(SC)s1. The molecule has 1 rings (SSSR count). The molecule has 4 nitrogen and oxygen atoms in total. The van der Waals surface area contributed by atoms with Crippen LogP contribution in [-0.2, 0) is 9.53 Å². The molecule has 0 radical (unpaired) electrons. The Morgan fingerprint density at radius 1 is 1.50 bits per heavy atom. The average molecular weight is 276 g/mol. The van der Waals surface area contributed by atoms with E-state index in [9.17, 15) is 4.79 Å². The molecular formula is C9H12N2O2S3. The summed E-state index contributed by atoms with van der Waals surface area (Å²) < 4.78 is 6.46. The third kappa shape index (κ3) is 4.15. The van der Waals surface area contributed by atoms with Gasteiger partial charge >= 0.3 is 5.97 Å². The van der Waals surface area contributed by atoms with Crippen LogP contribution in [0.4, 0.5) is 0 Å². The lowest BCUT2D eigenvalue weighted by Crippen LogP contribution is -2.01. The number of methoxy groups -OCH3 is 1. The lowest BCUT2D eigenvalue weighted by molar-refractivity contribution is -0.136. The normalized spacial score (nSPS) is 11.6. The molecule has 1 aromatic heterocycles. The lowest BCUT2D eigenvalue weighted by Gasteiger charge is -1.97. The number of hydrogen-bond acceptors (Lipinski definition) is 7. The van der Waals surface area contributed by atoms with Gasteiger partial charge in [-0.25, -0.2) is 4.79 Å². The van der Waals surface area contributed by atoms with Crippen molar-refractivity contribution in [2.45, 2.75) is 15.6 Å². The van der Waals surface area contributed by atoms with E-state index >= 15 is 0 Å². The Labute approximate surface area is 107 Å². The van der Waals surface area contributed by atoms with Gasteiger partial charge in [0.05, 0.1) is 7.11 Å². The molecule has 0 amide bonds. The zero-order chi connectivity index (χ0) is 12.0. The van der Waals surface area contributed by atoms with Crippen molar-refractivity contribution >= 4 is 40.8 Å². The highest BCUT2D eigenvalue weighted by atomic mass is 32.2. The van der Waals surface area contributed by atoms with Gasteiger partial charge in [-0.15, -0.1) is 10.2 Å². The summed E-state index contributed by atoms with van der Waals surface area (Å²) in [5.74, 6) is 0.409. The summed E-state index contributed by atoms with van der Waals surface area (Å²) in [6.07, 6.45) is 3.80. The van der Waals surface area contributed by atoms with Gasteiger partial charge in [0.1, 0.15) is 0 Å². The minimum Gasteiger partial charge on any atom is -0.466 e. The monoisotopic (exact) mass is 276 g/mol. The van der Waals surface area contributed by atoms with E-state index < -0.39 is 0 Å². The van der Waals surface area contributed by atoms with Crippen molar-refractivity contribution in [3.63, 3.8) is 0 Å². The summed E-state index contributed by atoms with van der Waals surface area (Å²) in [5.41, 5.74) is 0.615. The second kappa shape index (κ2) is 6.93. The molecule has 0 atom stereocenters. The number of hydrogen-bond donors (Lipinski definition) is 0. The Kier molecular flexibility index (Phi) is 5.86. The number of nitrogens with zero attached hydrogens (tertiary/aromatic N) is 2. The summed E-state index contributed by atoms with van der Waals surface area (Å²) in [7, 11) is 1.38. The minimum absolute atomic E-state index is 0.289. The van der Waals surface area contributed by atoms with Crippen LogP contribution in [0.25, 0.3) is 0 Å². The number of ether oxygens (including phenoxy) is 1. The fourth-order valence-corrected chi connectivity index (χ4v) is 3.23. The number of thioether (sulfide) groups is 2. The van der Waals surface area contributed by atoms with Crippen molar-refractivity contribution in [2.75, 3.05) is 19.1 Å². The molecule has 0 saturated carbocycles. The van der Waals surface area contributed by atoms with Gasteiger partial charge in [0.15, 0.2) is 8.68 Å². The van der Waals surface area contributed by atoms with Gasteiger partial charge < -0.3 is 4.74 Å². The van der Waals surface area contributed by atoms with E-state index in [1.165, 1.54) is 7.11 Å². The van der Waals surface area contributed by atoms with Crippen LogP contribution in [-0.4, -0.2) is 35.3 Å². The van der Waals surface area contributed by atoms with Gasteiger partial charge in [0.2, 0.25) is 0 Å². The van der Waals surface area contributed by atoms with Gasteiger partial charge in [0, 0.05) is 11.3 Å². The van der Waals surface area contributed by atoms with Crippen LogP contribution >= 0.6 is 34.9 Å². The van der Waals surface area contributed by atoms with Crippen LogP contribution in [0.15, 0.2) is 20.3 Å². The molecule has 0 aliphatic carbocycles. The maximum atomic E-state index is 11.1. The van der Waals surface area contributed by atoms with Crippen molar-refractivity contribution in [1.29, 1.82) is 0 Å². The van der Waals surface area contributed by atoms with Gasteiger partial charge in [-0.1, -0.05) is 40.9 Å². The number of carbonyl (C=O) groups excluding carboxylic acids is 1. The summed E-state index contributed by atoms with van der Waals surface area (Å²) in [4.78, 5) is 11.1. The summed E-state index contributed by atoms with van der Waals surface area (Å²) in [5, 5.41) is 8.00. The first-order valence-electron chi connectivity index (χ1n) is 4.42. The second-order valence-corrected chi connectivity index (χ2v) is 6.03. The van der Waals surface area contributed by atoms with E-state index in [-0.39, 0.29) is 5.97 Å². The van der Waals surface area contributed by atoms with Gasteiger partial charge in [0.25, 0.3) is 0 Å².